The second kappa shape index (κ2) is 3.37. The Bertz CT molecular complexity index is 195. The lowest BCUT2D eigenvalue weighted by atomic mass is 10.4. The molecule has 1 aromatic heterocycles. The minimum atomic E-state index is -0.0846. The lowest BCUT2D eigenvalue weighted by molar-refractivity contribution is -0.108. The average molecular weight is 155 g/mol. The van der Waals surface area contributed by atoms with Crippen molar-refractivity contribution < 1.29 is 4.79 Å². The van der Waals surface area contributed by atoms with E-state index in [0.29, 0.717) is 0 Å². The average Bonchev–Trinajstić information content (AvgIpc) is 2.40. The molecular weight excluding hydrogens is 146 g/mol. The number of carbonyl (C=O) groups is 1. The van der Waals surface area contributed by atoms with E-state index in [2.05, 4.69) is 5.32 Å². The number of hydrogen-bond acceptors (Lipinski definition) is 3. The monoisotopic (exact) mass is 155 g/mol. The zero-order valence-corrected chi connectivity index (χ0v) is 6.52. The first-order chi connectivity index (χ1) is 4.83. The fraction of sp³-hybridized carbons (Fsp3) is 0.286. The van der Waals surface area contributed by atoms with Gasteiger partial charge in [-0.1, -0.05) is 0 Å². The molecule has 0 unspecified atom stereocenters. The summed E-state index contributed by atoms with van der Waals surface area (Å²) in [5.74, 6) is 0. The van der Waals surface area contributed by atoms with Gasteiger partial charge in [-0.05, 0) is 24.4 Å². The van der Waals surface area contributed by atoms with Crippen LogP contribution in [0.4, 0.5) is 5.00 Å². The Morgan fingerprint density at radius 3 is 3.10 bits per heavy atom. The van der Waals surface area contributed by atoms with Gasteiger partial charge in [0.05, 0.1) is 11.0 Å². The number of hydrogen-bond donors (Lipinski definition) is 1. The Hall–Kier alpha value is -0.830. The van der Waals surface area contributed by atoms with Crippen LogP contribution in [0.2, 0.25) is 0 Å². The van der Waals surface area contributed by atoms with Gasteiger partial charge in [-0.3, -0.25) is 0 Å². The number of aldehydes is 1. The molecule has 0 spiro atoms. The lowest BCUT2D eigenvalue weighted by Crippen LogP contribution is -2.14. The Kier molecular flexibility index (Phi) is 2.45. The standard InChI is InChI=1S/C7H9NOS/c1-6(5-9)8-7-3-2-4-10-7/h2-6,8H,1H3/t6-/m1/s1. The van der Waals surface area contributed by atoms with Gasteiger partial charge in [0.15, 0.2) is 0 Å². The molecule has 10 heavy (non-hydrogen) atoms. The molecule has 0 aromatic carbocycles. The van der Waals surface area contributed by atoms with Gasteiger partial charge in [0.1, 0.15) is 6.29 Å². The van der Waals surface area contributed by atoms with E-state index >= 15 is 0 Å². The van der Waals surface area contributed by atoms with E-state index in [4.69, 9.17) is 0 Å². The molecule has 0 saturated heterocycles. The number of thiophene rings is 1. The Morgan fingerprint density at radius 2 is 2.60 bits per heavy atom. The molecule has 54 valence electrons. The molecule has 0 fully saturated rings. The summed E-state index contributed by atoms with van der Waals surface area (Å²) >= 11 is 1.60. The summed E-state index contributed by atoms with van der Waals surface area (Å²) in [6.07, 6.45) is 0.889. The molecule has 1 N–H and O–H groups in total. The highest BCUT2D eigenvalue weighted by atomic mass is 32.1. The van der Waals surface area contributed by atoms with Crippen LogP contribution in [-0.4, -0.2) is 12.3 Å². The number of nitrogens with one attached hydrogen (secondary N) is 1. The van der Waals surface area contributed by atoms with Gasteiger partial charge < -0.3 is 10.1 Å². The highest BCUT2D eigenvalue weighted by Gasteiger charge is 1.97. The summed E-state index contributed by atoms with van der Waals surface area (Å²) in [5, 5.41) is 6.04. The van der Waals surface area contributed by atoms with E-state index in [1.165, 1.54) is 0 Å². The van der Waals surface area contributed by atoms with Crippen molar-refractivity contribution in [3.8, 4) is 0 Å². The van der Waals surface area contributed by atoms with Crippen molar-refractivity contribution in [2.45, 2.75) is 13.0 Å². The highest BCUT2D eigenvalue weighted by Crippen LogP contribution is 2.15. The largest absolute Gasteiger partial charge is 0.368 e. The summed E-state index contributed by atoms with van der Waals surface area (Å²) in [6, 6.07) is 3.81. The van der Waals surface area contributed by atoms with Crippen molar-refractivity contribution in [1.82, 2.24) is 0 Å². The number of anilines is 1. The molecule has 0 bridgehead atoms. The van der Waals surface area contributed by atoms with E-state index in [1.54, 1.807) is 11.3 Å². The maximum atomic E-state index is 10.2. The second-order valence-electron chi connectivity index (χ2n) is 2.05. The fourth-order valence-corrected chi connectivity index (χ4v) is 1.33. The van der Waals surface area contributed by atoms with Crippen LogP contribution in [-0.2, 0) is 4.79 Å². The quantitative estimate of drug-likeness (QED) is 0.674. The third kappa shape index (κ3) is 1.84. The van der Waals surface area contributed by atoms with Gasteiger partial charge in [-0.25, -0.2) is 0 Å². The summed E-state index contributed by atoms with van der Waals surface area (Å²) < 4.78 is 0. The highest BCUT2D eigenvalue weighted by molar-refractivity contribution is 7.14. The first-order valence-corrected chi connectivity index (χ1v) is 3.96. The molecule has 0 aliphatic rings. The molecule has 0 aliphatic carbocycles. The maximum Gasteiger partial charge on any atom is 0.141 e. The number of carbonyl (C=O) groups excluding carboxylic acids is 1. The molecule has 0 aliphatic heterocycles. The van der Waals surface area contributed by atoms with E-state index in [-0.39, 0.29) is 6.04 Å². The predicted octanol–water partition coefficient (Wildman–Crippen LogP) is 1.75. The molecule has 0 amide bonds. The normalized spacial score (nSPS) is 12.5. The van der Waals surface area contributed by atoms with Crippen LogP contribution < -0.4 is 5.32 Å². The van der Waals surface area contributed by atoms with Crippen LogP contribution in [0.25, 0.3) is 0 Å². The van der Waals surface area contributed by atoms with Gasteiger partial charge in [0, 0.05) is 0 Å². The molecule has 0 radical (unpaired) electrons. The second-order valence-corrected chi connectivity index (χ2v) is 2.99. The zero-order valence-electron chi connectivity index (χ0n) is 5.70. The van der Waals surface area contributed by atoms with Gasteiger partial charge in [0.25, 0.3) is 0 Å². The van der Waals surface area contributed by atoms with Crippen molar-refractivity contribution in [2.75, 3.05) is 5.32 Å². The number of rotatable bonds is 3. The van der Waals surface area contributed by atoms with Crippen LogP contribution in [0.1, 0.15) is 6.92 Å². The van der Waals surface area contributed by atoms with E-state index < -0.39 is 0 Å². The summed E-state index contributed by atoms with van der Waals surface area (Å²) in [7, 11) is 0. The third-order valence-corrected chi connectivity index (χ3v) is 1.90. The first kappa shape index (κ1) is 7.28. The van der Waals surface area contributed by atoms with Gasteiger partial charge >= 0.3 is 0 Å². The van der Waals surface area contributed by atoms with Crippen molar-refractivity contribution in [3.05, 3.63) is 17.5 Å². The van der Waals surface area contributed by atoms with Crippen molar-refractivity contribution in [2.24, 2.45) is 0 Å². The molecule has 1 rings (SSSR count). The van der Waals surface area contributed by atoms with Crippen LogP contribution in [0.3, 0.4) is 0 Å². The van der Waals surface area contributed by atoms with Crippen LogP contribution in [0.15, 0.2) is 17.5 Å². The fourth-order valence-electron chi connectivity index (χ4n) is 0.619. The van der Waals surface area contributed by atoms with Crippen LogP contribution in [0.5, 0.6) is 0 Å². The molecule has 1 heterocycles. The Labute approximate surface area is 63.9 Å². The van der Waals surface area contributed by atoms with Crippen LogP contribution in [0, 0.1) is 0 Å². The third-order valence-electron chi connectivity index (χ3n) is 1.10. The maximum absolute atomic E-state index is 10.2. The molecule has 2 nitrogen and oxygen atoms in total. The van der Waals surface area contributed by atoms with E-state index in [1.807, 2.05) is 24.4 Å². The summed E-state index contributed by atoms with van der Waals surface area (Å²) in [6.45, 7) is 1.83. The van der Waals surface area contributed by atoms with Gasteiger partial charge in [-0.2, -0.15) is 0 Å². The zero-order chi connectivity index (χ0) is 7.40. The molecule has 3 heteroatoms. The minimum absolute atomic E-state index is 0.0846. The van der Waals surface area contributed by atoms with Crippen LogP contribution >= 0.6 is 11.3 Å². The molecular formula is C7H9NOS. The molecule has 1 atom stereocenters. The van der Waals surface area contributed by atoms with E-state index in [0.717, 1.165) is 11.3 Å². The van der Waals surface area contributed by atoms with Gasteiger partial charge in [0.2, 0.25) is 0 Å². The SMILES string of the molecule is C[C@H](C=O)Nc1cccs1. The summed E-state index contributed by atoms with van der Waals surface area (Å²) in [4.78, 5) is 10.2. The van der Waals surface area contributed by atoms with Crippen molar-refractivity contribution in [3.63, 3.8) is 0 Å². The lowest BCUT2D eigenvalue weighted by Gasteiger charge is -2.03. The Morgan fingerprint density at radius 1 is 1.80 bits per heavy atom. The van der Waals surface area contributed by atoms with Gasteiger partial charge in [-0.15, -0.1) is 11.3 Å². The smallest absolute Gasteiger partial charge is 0.141 e. The molecule has 1 aromatic rings. The minimum Gasteiger partial charge on any atom is -0.368 e. The van der Waals surface area contributed by atoms with E-state index in [9.17, 15) is 4.79 Å². The van der Waals surface area contributed by atoms with Crippen molar-refractivity contribution in [1.29, 1.82) is 0 Å². The predicted molar refractivity (Wildman–Crippen MR) is 43.5 cm³/mol. The summed E-state index contributed by atoms with van der Waals surface area (Å²) in [5.41, 5.74) is 0. The molecule has 0 saturated carbocycles. The topological polar surface area (TPSA) is 29.1 Å². The Balaban J connectivity index is 2.47. The first-order valence-electron chi connectivity index (χ1n) is 3.08. The van der Waals surface area contributed by atoms with Crippen molar-refractivity contribution >= 4 is 22.6 Å².